The van der Waals surface area contributed by atoms with E-state index in [2.05, 4.69) is 9.97 Å². The summed E-state index contributed by atoms with van der Waals surface area (Å²) < 4.78 is 13.6. The third-order valence-electron chi connectivity index (χ3n) is 1.31. The minimum Gasteiger partial charge on any atom is -0.238 e. The van der Waals surface area contributed by atoms with Crippen LogP contribution in [0.1, 0.15) is 0 Å². The van der Waals surface area contributed by atoms with Gasteiger partial charge in [0.25, 0.3) is 0 Å². The van der Waals surface area contributed by atoms with E-state index in [1.807, 2.05) is 5.38 Å². The molecular weight excluding hydrogens is 207 g/mol. The van der Waals surface area contributed by atoms with Gasteiger partial charge in [0.2, 0.25) is 5.95 Å². The molecule has 0 unspecified atom stereocenters. The molecule has 5 heteroatoms. The van der Waals surface area contributed by atoms with Crippen LogP contribution >= 0.6 is 23.1 Å². The van der Waals surface area contributed by atoms with Gasteiger partial charge in [-0.15, -0.1) is 11.3 Å². The molecule has 0 saturated heterocycles. The largest absolute Gasteiger partial charge is 0.238 e. The van der Waals surface area contributed by atoms with E-state index >= 15 is 0 Å². The lowest BCUT2D eigenvalue weighted by Crippen LogP contribution is -1.80. The Hall–Kier alpha value is -0.940. The van der Waals surface area contributed by atoms with Gasteiger partial charge in [-0.25, -0.2) is 9.97 Å². The molecule has 0 amide bonds. The van der Waals surface area contributed by atoms with Gasteiger partial charge in [-0.3, -0.25) is 0 Å². The first-order valence-electron chi connectivity index (χ1n) is 3.53. The first-order chi connectivity index (χ1) is 6.34. The highest BCUT2D eigenvalue weighted by Gasteiger charge is 2.00. The standard InChI is InChI=1S/C8H5FN2S2/c9-7-5-6(1-2-10-7)13-8-11-3-4-12-8/h1-5H. The Morgan fingerprint density at radius 3 is 2.92 bits per heavy atom. The van der Waals surface area contributed by atoms with Crippen molar-refractivity contribution in [1.29, 1.82) is 0 Å². The van der Waals surface area contributed by atoms with Crippen LogP contribution in [0.4, 0.5) is 4.39 Å². The number of hydrogen-bond acceptors (Lipinski definition) is 4. The van der Waals surface area contributed by atoms with Crippen molar-refractivity contribution in [3.05, 3.63) is 35.9 Å². The Morgan fingerprint density at radius 2 is 2.23 bits per heavy atom. The molecule has 2 nitrogen and oxygen atoms in total. The Bertz CT molecular complexity index is 389. The second-order valence-corrected chi connectivity index (χ2v) is 4.43. The van der Waals surface area contributed by atoms with Crippen LogP contribution in [0.2, 0.25) is 0 Å². The first-order valence-corrected chi connectivity index (χ1v) is 5.23. The first kappa shape index (κ1) is 8.65. The zero-order valence-electron chi connectivity index (χ0n) is 6.48. The monoisotopic (exact) mass is 212 g/mol. The third-order valence-corrected chi connectivity index (χ3v) is 3.19. The number of nitrogens with zero attached hydrogens (tertiary/aromatic N) is 2. The molecule has 66 valence electrons. The second kappa shape index (κ2) is 3.85. The molecule has 0 aliphatic heterocycles. The molecule has 0 radical (unpaired) electrons. The maximum absolute atomic E-state index is 12.7. The highest BCUT2D eigenvalue weighted by Crippen LogP contribution is 2.28. The third kappa shape index (κ3) is 2.26. The zero-order valence-corrected chi connectivity index (χ0v) is 8.11. The van der Waals surface area contributed by atoms with Crippen molar-refractivity contribution in [2.45, 2.75) is 9.24 Å². The quantitative estimate of drug-likeness (QED) is 0.716. The molecule has 0 spiro atoms. The lowest BCUT2D eigenvalue weighted by molar-refractivity contribution is 0.579. The number of thiazole rings is 1. The summed E-state index contributed by atoms with van der Waals surface area (Å²) >= 11 is 2.97. The molecule has 0 aromatic carbocycles. The molecule has 2 rings (SSSR count). The summed E-state index contributed by atoms with van der Waals surface area (Å²) in [5.41, 5.74) is 0. The minimum absolute atomic E-state index is 0.457. The maximum Gasteiger partial charge on any atom is 0.213 e. The maximum atomic E-state index is 12.7. The van der Waals surface area contributed by atoms with E-state index in [1.54, 1.807) is 12.3 Å². The number of rotatable bonds is 2. The van der Waals surface area contributed by atoms with E-state index in [0.717, 1.165) is 9.24 Å². The lowest BCUT2D eigenvalue weighted by atomic mass is 10.5. The summed E-state index contributed by atoms with van der Waals surface area (Å²) in [6.07, 6.45) is 3.18. The normalized spacial score (nSPS) is 10.2. The summed E-state index contributed by atoms with van der Waals surface area (Å²) in [5, 5.41) is 1.89. The summed E-state index contributed by atoms with van der Waals surface area (Å²) in [6.45, 7) is 0. The van der Waals surface area contributed by atoms with Gasteiger partial charge in [0, 0.05) is 28.7 Å². The van der Waals surface area contributed by atoms with Crippen molar-refractivity contribution < 1.29 is 4.39 Å². The molecule has 0 fully saturated rings. The van der Waals surface area contributed by atoms with E-state index in [1.165, 1.54) is 35.4 Å². The Balaban J connectivity index is 2.19. The molecular formula is C8H5FN2S2. The van der Waals surface area contributed by atoms with Gasteiger partial charge < -0.3 is 0 Å². The van der Waals surface area contributed by atoms with Crippen molar-refractivity contribution in [2.75, 3.05) is 0 Å². The van der Waals surface area contributed by atoms with Crippen molar-refractivity contribution in [3.63, 3.8) is 0 Å². The molecule has 0 aliphatic rings. The van der Waals surface area contributed by atoms with E-state index in [4.69, 9.17) is 0 Å². The fourth-order valence-corrected chi connectivity index (χ4v) is 2.42. The van der Waals surface area contributed by atoms with Crippen LogP contribution in [0.25, 0.3) is 0 Å². The number of hydrogen-bond donors (Lipinski definition) is 0. The van der Waals surface area contributed by atoms with E-state index < -0.39 is 5.95 Å². The predicted molar refractivity (Wildman–Crippen MR) is 50.4 cm³/mol. The Morgan fingerprint density at radius 1 is 1.31 bits per heavy atom. The average Bonchev–Trinajstić information content (AvgIpc) is 2.57. The van der Waals surface area contributed by atoms with Crippen molar-refractivity contribution in [1.82, 2.24) is 9.97 Å². The topological polar surface area (TPSA) is 25.8 Å². The van der Waals surface area contributed by atoms with Crippen molar-refractivity contribution in [2.24, 2.45) is 0 Å². The minimum atomic E-state index is -0.457. The average molecular weight is 212 g/mol. The molecule has 13 heavy (non-hydrogen) atoms. The highest BCUT2D eigenvalue weighted by molar-refractivity contribution is 8.01. The fraction of sp³-hybridized carbons (Fsp3) is 0. The summed E-state index contributed by atoms with van der Waals surface area (Å²) in [5.74, 6) is -0.457. The predicted octanol–water partition coefficient (Wildman–Crippen LogP) is 2.83. The molecule has 0 saturated carbocycles. The summed E-state index contributed by atoms with van der Waals surface area (Å²) in [7, 11) is 0. The van der Waals surface area contributed by atoms with Crippen LogP contribution in [0.5, 0.6) is 0 Å². The molecule has 2 aromatic rings. The van der Waals surface area contributed by atoms with Crippen molar-refractivity contribution >= 4 is 23.1 Å². The van der Waals surface area contributed by atoms with Gasteiger partial charge in [0.15, 0.2) is 4.34 Å². The molecule has 0 N–H and O–H groups in total. The number of aromatic nitrogens is 2. The smallest absolute Gasteiger partial charge is 0.213 e. The molecule has 2 aromatic heterocycles. The number of halogens is 1. The summed E-state index contributed by atoms with van der Waals surface area (Å²) in [4.78, 5) is 8.37. The van der Waals surface area contributed by atoms with Crippen LogP contribution in [0, 0.1) is 5.95 Å². The van der Waals surface area contributed by atoms with Crippen LogP contribution < -0.4 is 0 Å². The summed E-state index contributed by atoms with van der Waals surface area (Å²) in [6, 6.07) is 3.15. The highest BCUT2D eigenvalue weighted by atomic mass is 32.2. The zero-order chi connectivity index (χ0) is 9.10. The molecule has 0 aliphatic carbocycles. The van der Waals surface area contributed by atoms with Gasteiger partial charge in [-0.1, -0.05) is 11.8 Å². The van der Waals surface area contributed by atoms with Crippen LogP contribution in [-0.4, -0.2) is 9.97 Å². The second-order valence-electron chi connectivity index (χ2n) is 2.21. The van der Waals surface area contributed by atoms with Crippen LogP contribution in [0.15, 0.2) is 39.1 Å². The van der Waals surface area contributed by atoms with Gasteiger partial charge >= 0.3 is 0 Å². The van der Waals surface area contributed by atoms with Crippen LogP contribution in [0.3, 0.4) is 0 Å². The van der Waals surface area contributed by atoms with E-state index in [0.29, 0.717) is 0 Å². The van der Waals surface area contributed by atoms with Crippen molar-refractivity contribution in [3.8, 4) is 0 Å². The number of pyridine rings is 1. The van der Waals surface area contributed by atoms with E-state index in [-0.39, 0.29) is 0 Å². The van der Waals surface area contributed by atoms with Crippen LogP contribution in [-0.2, 0) is 0 Å². The lowest BCUT2D eigenvalue weighted by Gasteiger charge is -1.95. The van der Waals surface area contributed by atoms with Gasteiger partial charge in [0.05, 0.1) is 0 Å². The van der Waals surface area contributed by atoms with Gasteiger partial charge in [-0.05, 0) is 6.07 Å². The fourth-order valence-electron chi connectivity index (χ4n) is 0.810. The molecule has 0 bridgehead atoms. The Labute approximate surface area is 82.9 Å². The molecule has 0 atom stereocenters. The SMILES string of the molecule is Fc1cc(Sc2nccs2)ccn1. The molecule has 2 heterocycles. The Kier molecular flexibility index (Phi) is 2.56. The van der Waals surface area contributed by atoms with Gasteiger partial charge in [-0.2, -0.15) is 4.39 Å². The van der Waals surface area contributed by atoms with Gasteiger partial charge in [0.1, 0.15) is 0 Å². The van der Waals surface area contributed by atoms with E-state index in [9.17, 15) is 4.39 Å².